The molecule has 0 fully saturated rings. The quantitative estimate of drug-likeness (QED) is 0.297. The minimum atomic E-state index is -0.177. The van der Waals surface area contributed by atoms with Crippen LogP contribution in [0.2, 0.25) is 0 Å². The lowest BCUT2D eigenvalue weighted by Crippen LogP contribution is -2.29. The number of hydrogen-bond acceptors (Lipinski definition) is 6. The number of nitrogens with one attached hydrogen (secondary N) is 3. The number of anilines is 1. The maximum absolute atomic E-state index is 13.5. The van der Waals surface area contributed by atoms with E-state index in [1.54, 1.807) is 12.7 Å². The average molecular weight is 526 g/mol. The topological polar surface area (TPSA) is 130 Å². The van der Waals surface area contributed by atoms with Crippen molar-refractivity contribution in [2.24, 2.45) is 5.92 Å². The van der Waals surface area contributed by atoms with Gasteiger partial charge in [0.05, 0.1) is 34.6 Å². The smallest absolute Gasteiger partial charge is 0.227 e. The van der Waals surface area contributed by atoms with Crippen molar-refractivity contribution in [1.82, 2.24) is 40.1 Å². The van der Waals surface area contributed by atoms with Crippen LogP contribution in [-0.4, -0.2) is 46.1 Å². The maximum Gasteiger partial charge on any atom is 0.227 e. The predicted octanol–water partition coefficient (Wildman–Crippen LogP) is 4.98. The number of aromatic nitrogens is 8. The van der Waals surface area contributed by atoms with Crippen molar-refractivity contribution in [3.05, 3.63) is 90.8 Å². The number of carbonyl (C=O) groups excluding carboxylic acids is 1. The van der Waals surface area contributed by atoms with E-state index in [9.17, 15) is 4.79 Å². The highest BCUT2D eigenvalue weighted by Crippen LogP contribution is 2.40. The zero-order chi connectivity index (χ0) is 26.6. The van der Waals surface area contributed by atoms with Crippen LogP contribution in [0.1, 0.15) is 17.5 Å². The first-order chi connectivity index (χ1) is 19.7. The Morgan fingerprint density at radius 1 is 0.900 bits per heavy atom. The Morgan fingerprint density at radius 2 is 1.70 bits per heavy atom. The minimum Gasteiger partial charge on any atom is -0.326 e. The van der Waals surface area contributed by atoms with E-state index in [2.05, 4.69) is 54.1 Å². The van der Waals surface area contributed by atoms with Crippen LogP contribution in [0.15, 0.2) is 79.6 Å². The Balaban J connectivity index is 1.18. The number of fused-ring (bicyclic) bond motifs is 6. The van der Waals surface area contributed by atoms with Crippen molar-refractivity contribution in [2.75, 3.05) is 5.32 Å². The molecule has 0 saturated carbocycles. The molecule has 0 spiro atoms. The molecule has 3 N–H and O–H groups in total. The van der Waals surface area contributed by atoms with E-state index in [4.69, 9.17) is 4.98 Å². The number of H-pyrrole nitrogens is 2. The van der Waals surface area contributed by atoms with Crippen molar-refractivity contribution in [3.8, 4) is 16.9 Å². The van der Waals surface area contributed by atoms with Crippen LogP contribution in [0.5, 0.6) is 0 Å². The fraction of sp³-hybridized carbons (Fsp3) is 0.133. The van der Waals surface area contributed by atoms with Gasteiger partial charge in [0, 0.05) is 39.0 Å². The SMILES string of the molecule is O=C(Nc1ccc(-n2cnnc2)cc1)C1CCc2c(c(-c3ccc4[nH]ncc4c3)nc3ccc4[nH]ncc4c23)C1. The zero-order valence-electron chi connectivity index (χ0n) is 21.3. The Morgan fingerprint density at radius 3 is 2.58 bits per heavy atom. The van der Waals surface area contributed by atoms with Crippen molar-refractivity contribution in [3.63, 3.8) is 0 Å². The lowest BCUT2D eigenvalue weighted by molar-refractivity contribution is -0.120. The van der Waals surface area contributed by atoms with Gasteiger partial charge in [0.25, 0.3) is 0 Å². The number of pyridine rings is 1. The lowest BCUT2D eigenvalue weighted by Gasteiger charge is -2.27. The van der Waals surface area contributed by atoms with Gasteiger partial charge in [-0.05, 0) is 78.9 Å². The molecule has 3 aromatic carbocycles. The van der Waals surface area contributed by atoms with Crippen molar-refractivity contribution < 1.29 is 4.79 Å². The van der Waals surface area contributed by atoms with Crippen LogP contribution in [-0.2, 0) is 17.6 Å². The number of amides is 1. The van der Waals surface area contributed by atoms with Gasteiger partial charge in [-0.25, -0.2) is 4.98 Å². The molecule has 1 unspecified atom stereocenters. The second-order valence-electron chi connectivity index (χ2n) is 10.2. The molecule has 1 aliphatic carbocycles. The summed E-state index contributed by atoms with van der Waals surface area (Å²) in [5.41, 5.74) is 8.90. The van der Waals surface area contributed by atoms with E-state index in [1.807, 2.05) is 53.4 Å². The second kappa shape index (κ2) is 8.84. The minimum absolute atomic E-state index is 0.0144. The molecule has 1 aliphatic rings. The number of nitrogens with zero attached hydrogens (tertiary/aromatic N) is 6. The van der Waals surface area contributed by atoms with Crippen molar-refractivity contribution in [2.45, 2.75) is 19.3 Å². The number of aryl methyl sites for hydroxylation is 1. The summed E-state index contributed by atoms with van der Waals surface area (Å²) in [7, 11) is 0. The Labute approximate surface area is 227 Å². The molecule has 10 nitrogen and oxygen atoms in total. The number of hydrogen-bond donors (Lipinski definition) is 3. The highest BCUT2D eigenvalue weighted by Gasteiger charge is 2.30. The average Bonchev–Trinajstić information content (AvgIpc) is 3.78. The highest BCUT2D eigenvalue weighted by molar-refractivity contribution is 6.08. The van der Waals surface area contributed by atoms with Gasteiger partial charge in [0.15, 0.2) is 0 Å². The fourth-order valence-electron chi connectivity index (χ4n) is 5.91. The first kappa shape index (κ1) is 22.6. The van der Waals surface area contributed by atoms with E-state index >= 15 is 0 Å². The summed E-state index contributed by atoms with van der Waals surface area (Å²) in [4.78, 5) is 18.7. The number of aromatic amines is 2. The van der Waals surface area contributed by atoms with Gasteiger partial charge < -0.3 is 5.32 Å². The fourth-order valence-corrected chi connectivity index (χ4v) is 5.91. The van der Waals surface area contributed by atoms with E-state index in [1.165, 1.54) is 5.56 Å². The molecule has 1 atom stereocenters. The number of benzene rings is 3. The lowest BCUT2D eigenvalue weighted by atomic mass is 9.79. The summed E-state index contributed by atoms with van der Waals surface area (Å²) >= 11 is 0. The van der Waals surface area contributed by atoms with Gasteiger partial charge in [0.2, 0.25) is 5.91 Å². The summed E-state index contributed by atoms with van der Waals surface area (Å²) in [5.74, 6) is -0.162. The summed E-state index contributed by atoms with van der Waals surface area (Å²) in [5, 5.41) is 28.6. The molecular weight excluding hydrogens is 502 g/mol. The Kier molecular flexibility index (Phi) is 4.99. The van der Waals surface area contributed by atoms with Crippen LogP contribution < -0.4 is 5.32 Å². The zero-order valence-corrected chi connectivity index (χ0v) is 21.3. The molecule has 0 bridgehead atoms. The van der Waals surface area contributed by atoms with E-state index in [0.29, 0.717) is 6.42 Å². The summed E-state index contributed by atoms with van der Waals surface area (Å²) in [6.45, 7) is 0. The maximum atomic E-state index is 13.5. The molecule has 7 aromatic rings. The van der Waals surface area contributed by atoms with E-state index in [0.717, 1.165) is 73.7 Å². The second-order valence-corrected chi connectivity index (χ2v) is 10.2. The molecule has 8 rings (SSSR count). The van der Waals surface area contributed by atoms with Crippen LogP contribution in [0.4, 0.5) is 5.69 Å². The normalized spacial score (nSPS) is 15.1. The van der Waals surface area contributed by atoms with Crippen LogP contribution in [0, 0.1) is 5.92 Å². The molecule has 0 saturated heterocycles. The first-order valence-corrected chi connectivity index (χ1v) is 13.2. The van der Waals surface area contributed by atoms with Gasteiger partial charge in [-0.15, -0.1) is 10.2 Å². The molecule has 194 valence electrons. The van der Waals surface area contributed by atoms with Crippen LogP contribution in [0.3, 0.4) is 0 Å². The first-order valence-electron chi connectivity index (χ1n) is 13.2. The summed E-state index contributed by atoms with van der Waals surface area (Å²) in [6.07, 6.45) is 9.13. The number of carbonyl (C=O) groups is 1. The molecule has 10 heteroatoms. The number of rotatable bonds is 4. The Hall–Kier alpha value is -5.38. The van der Waals surface area contributed by atoms with Crippen molar-refractivity contribution in [1.29, 1.82) is 0 Å². The predicted molar refractivity (Wildman–Crippen MR) is 152 cm³/mol. The monoisotopic (exact) mass is 525 g/mol. The van der Waals surface area contributed by atoms with E-state index in [-0.39, 0.29) is 11.8 Å². The molecule has 0 radical (unpaired) electrons. The molecule has 0 aliphatic heterocycles. The van der Waals surface area contributed by atoms with Gasteiger partial charge >= 0.3 is 0 Å². The summed E-state index contributed by atoms with van der Waals surface area (Å²) < 4.78 is 1.82. The van der Waals surface area contributed by atoms with Crippen LogP contribution in [0.25, 0.3) is 49.7 Å². The van der Waals surface area contributed by atoms with E-state index < -0.39 is 0 Å². The third-order valence-electron chi connectivity index (χ3n) is 7.92. The largest absolute Gasteiger partial charge is 0.326 e. The van der Waals surface area contributed by atoms with Crippen LogP contribution >= 0.6 is 0 Å². The molecule has 40 heavy (non-hydrogen) atoms. The molecule has 4 heterocycles. The third-order valence-corrected chi connectivity index (χ3v) is 7.92. The third kappa shape index (κ3) is 3.64. The molecular formula is C30H23N9O. The van der Waals surface area contributed by atoms with Gasteiger partial charge in [-0.1, -0.05) is 6.07 Å². The highest BCUT2D eigenvalue weighted by atomic mass is 16.1. The van der Waals surface area contributed by atoms with Gasteiger partial charge in [-0.2, -0.15) is 10.2 Å². The summed E-state index contributed by atoms with van der Waals surface area (Å²) in [6, 6.07) is 18.0. The van der Waals surface area contributed by atoms with Crippen molar-refractivity contribution >= 4 is 44.3 Å². The molecule has 4 aromatic heterocycles. The molecule has 1 amide bonds. The van der Waals surface area contributed by atoms with Gasteiger partial charge in [0.1, 0.15) is 12.7 Å². The Bertz CT molecular complexity index is 2040. The van der Waals surface area contributed by atoms with Gasteiger partial charge in [-0.3, -0.25) is 19.6 Å². The standard InChI is InChI=1S/C30H23N9O/c40-30(35-20-3-5-21(6-4-20)39-15-33-34-16-39)18-1-7-22-23(12-18)29(17-2-8-25-19(11-17)13-31-37-25)36-27-10-9-26-24(28(22)27)14-32-38-26/h2-6,8-11,13-16,18H,1,7,12H2,(H,31,37)(H,32,38)(H,35,40).